The molecular weight excluding hydrogens is 260 g/mol. The Kier molecular flexibility index (Phi) is 4.96. The van der Waals surface area contributed by atoms with Gasteiger partial charge in [0.2, 0.25) is 5.91 Å². The van der Waals surface area contributed by atoms with Gasteiger partial charge in [0.05, 0.1) is 12.8 Å². The molecule has 4 nitrogen and oxygen atoms in total. The zero-order valence-corrected chi connectivity index (χ0v) is 12.2. The SMILES string of the molecule is COc1ccc(NC(C)=O)cc1NCC1CCSC1. The molecule has 1 atom stereocenters. The van der Waals surface area contributed by atoms with E-state index in [4.69, 9.17) is 4.74 Å². The highest BCUT2D eigenvalue weighted by atomic mass is 32.2. The van der Waals surface area contributed by atoms with Crippen molar-refractivity contribution >= 4 is 29.0 Å². The van der Waals surface area contributed by atoms with Gasteiger partial charge in [-0.15, -0.1) is 0 Å². The summed E-state index contributed by atoms with van der Waals surface area (Å²) in [5, 5.41) is 6.22. The summed E-state index contributed by atoms with van der Waals surface area (Å²) in [4.78, 5) is 11.1. The van der Waals surface area contributed by atoms with E-state index in [9.17, 15) is 4.79 Å². The first-order chi connectivity index (χ1) is 9.19. The second kappa shape index (κ2) is 6.70. The van der Waals surface area contributed by atoms with Crippen molar-refractivity contribution in [2.75, 3.05) is 35.8 Å². The van der Waals surface area contributed by atoms with Crippen molar-refractivity contribution in [2.24, 2.45) is 5.92 Å². The molecule has 1 saturated heterocycles. The predicted octanol–water partition coefficient (Wildman–Crippen LogP) is 2.82. The Balaban J connectivity index is 2.04. The van der Waals surface area contributed by atoms with Gasteiger partial charge in [0, 0.05) is 19.2 Å². The highest BCUT2D eigenvalue weighted by Gasteiger charge is 2.15. The van der Waals surface area contributed by atoms with Crippen LogP contribution in [0.5, 0.6) is 5.75 Å². The molecule has 0 saturated carbocycles. The Morgan fingerprint density at radius 1 is 1.53 bits per heavy atom. The topological polar surface area (TPSA) is 50.4 Å². The van der Waals surface area contributed by atoms with Crippen LogP contribution in [-0.4, -0.2) is 31.1 Å². The minimum Gasteiger partial charge on any atom is -0.495 e. The average Bonchev–Trinajstić information content (AvgIpc) is 2.89. The quantitative estimate of drug-likeness (QED) is 0.871. The van der Waals surface area contributed by atoms with Crippen molar-refractivity contribution in [3.8, 4) is 5.75 Å². The molecule has 5 heteroatoms. The van der Waals surface area contributed by atoms with Crippen molar-refractivity contribution in [2.45, 2.75) is 13.3 Å². The van der Waals surface area contributed by atoms with E-state index < -0.39 is 0 Å². The number of amides is 1. The first-order valence-electron chi connectivity index (χ1n) is 6.46. The minimum atomic E-state index is -0.0664. The summed E-state index contributed by atoms with van der Waals surface area (Å²) in [6, 6.07) is 5.64. The lowest BCUT2D eigenvalue weighted by atomic mass is 10.1. The number of methoxy groups -OCH3 is 1. The van der Waals surface area contributed by atoms with Crippen LogP contribution in [0.25, 0.3) is 0 Å². The van der Waals surface area contributed by atoms with E-state index >= 15 is 0 Å². The first-order valence-corrected chi connectivity index (χ1v) is 7.61. The summed E-state index contributed by atoms with van der Waals surface area (Å²) in [6.45, 7) is 2.46. The molecule has 1 amide bonds. The Morgan fingerprint density at radius 3 is 3.00 bits per heavy atom. The van der Waals surface area contributed by atoms with Crippen LogP contribution in [-0.2, 0) is 4.79 Å². The van der Waals surface area contributed by atoms with Crippen molar-refractivity contribution in [3.05, 3.63) is 18.2 Å². The van der Waals surface area contributed by atoms with E-state index in [0.29, 0.717) is 0 Å². The summed E-state index contributed by atoms with van der Waals surface area (Å²) in [5.41, 5.74) is 1.72. The molecule has 2 rings (SSSR count). The molecule has 1 aliphatic heterocycles. The largest absolute Gasteiger partial charge is 0.495 e. The van der Waals surface area contributed by atoms with Crippen LogP contribution in [0.1, 0.15) is 13.3 Å². The van der Waals surface area contributed by atoms with E-state index in [2.05, 4.69) is 10.6 Å². The van der Waals surface area contributed by atoms with E-state index in [1.807, 2.05) is 30.0 Å². The number of carbonyl (C=O) groups is 1. The zero-order valence-electron chi connectivity index (χ0n) is 11.4. The smallest absolute Gasteiger partial charge is 0.221 e. The zero-order chi connectivity index (χ0) is 13.7. The molecule has 0 aromatic heterocycles. The van der Waals surface area contributed by atoms with Crippen LogP contribution >= 0.6 is 11.8 Å². The molecule has 1 fully saturated rings. The lowest BCUT2D eigenvalue weighted by molar-refractivity contribution is -0.114. The Hall–Kier alpha value is -1.36. The van der Waals surface area contributed by atoms with E-state index in [1.54, 1.807) is 7.11 Å². The van der Waals surface area contributed by atoms with Gasteiger partial charge in [0.15, 0.2) is 0 Å². The molecule has 1 aromatic rings. The van der Waals surface area contributed by atoms with Crippen LogP contribution in [0.2, 0.25) is 0 Å². The van der Waals surface area contributed by atoms with Crippen LogP contribution in [0.15, 0.2) is 18.2 Å². The summed E-state index contributed by atoms with van der Waals surface area (Å²) in [7, 11) is 1.66. The molecule has 19 heavy (non-hydrogen) atoms. The van der Waals surface area contributed by atoms with Gasteiger partial charge >= 0.3 is 0 Å². The van der Waals surface area contributed by atoms with Crippen molar-refractivity contribution < 1.29 is 9.53 Å². The van der Waals surface area contributed by atoms with Crippen LogP contribution < -0.4 is 15.4 Å². The number of anilines is 2. The number of hydrogen-bond acceptors (Lipinski definition) is 4. The lowest BCUT2D eigenvalue weighted by Crippen LogP contribution is -2.14. The van der Waals surface area contributed by atoms with Gasteiger partial charge in [-0.3, -0.25) is 4.79 Å². The normalized spacial score (nSPS) is 18.1. The molecular formula is C14H20N2O2S. The van der Waals surface area contributed by atoms with Gasteiger partial charge in [-0.05, 0) is 42.0 Å². The van der Waals surface area contributed by atoms with Gasteiger partial charge in [-0.1, -0.05) is 0 Å². The number of rotatable bonds is 5. The third kappa shape index (κ3) is 4.06. The van der Waals surface area contributed by atoms with E-state index in [-0.39, 0.29) is 5.91 Å². The molecule has 0 radical (unpaired) electrons. The third-order valence-corrected chi connectivity index (χ3v) is 4.36. The summed E-state index contributed by atoms with van der Waals surface area (Å²) in [6.07, 6.45) is 1.27. The number of nitrogens with one attached hydrogen (secondary N) is 2. The van der Waals surface area contributed by atoms with Crippen LogP contribution in [0.4, 0.5) is 11.4 Å². The van der Waals surface area contributed by atoms with Gasteiger partial charge in [0.25, 0.3) is 0 Å². The molecule has 0 aliphatic carbocycles. The molecule has 1 heterocycles. The first kappa shape index (κ1) is 14.1. The van der Waals surface area contributed by atoms with E-state index in [0.717, 1.165) is 29.6 Å². The standard InChI is InChI=1S/C14H20N2O2S/c1-10(17)16-12-3-4-14(18-2)13(7-12)15-8-11-5-6-19-9-11/h3-4,7,11,15H,5-6,8-9H2,1-2H3,(H,16,17). The average molecular weight is 280 g/mol. The van der Waals surface area contributed by atoms with Crippen molar-refractivity contribution in [1.82, 2.24) is 0 Å². The molecule has 2 N–H and O–H groups in total. The lowest BCUT2D eigenvalue weighted by Gasteiger charge is -2.15. The third-order valence-electron chi connectivity index (χ3n) is 3.13. The maximum absolute atomic E-state index is 11.1. The Morgan fingerprint density at radius 2 is 2.37 bits per heavy atom. The van der Waals surface area contributed by atoms with Crippen LogP contribution in [0.3, 0.4) is 0 Å². The molecule has 1 aliphatic rings. The van der Waals surface area contributed by atoms with Gasteiger partial charge in [-0.2, -0.15) is 11.8 Å². The monoisotopic (exact) mass is 280 g/mol. The fourth-order valence-corrected chi connectivity index (χ4v) is 3.41. The maximum Gasteiger partial charge on any atom is 0.221 e. The van der Waals surface area contributed by atoms with Gasteiger partial charge in [0.1, 0.15) is 5.75 Å². The highest BCUT2D eigenvalue weighted by molar-refractivity contribution is 7.99. The fourth-order valence-electron chi connectivity index (χ4n) is 2.13. The second-order valence-corrected chi connectivity index (χ2v) is 5.86. The minimum absolute atomic E-state index is 0.0664. The maximum atomic E-state index is 11.1. The highest BCUT2D eigenvalue weighted by Crippen LogP contribution is 2.29. The second-order valence-electron chi connectivity index (χ2n) is 4.71. The van der Waals surface area contributed by atoms with Crippen LogP contribution in [0, 0.1) is 5.92 Å². The predicted molar refractivity (Wildman–Crippen MR) is 81.2 cm³/mol. The van der Waals surface area contributed by atoms with Crippen molar-refractivity contribution in [3.63, 3.8) is 0 Å². The number of benzene rings is 1. The molecule has 0 bridgehead atoms. The van der Waals surface area contributed by atoms with Gasteiger partial charge < -0.3 is 15.4 Å². The number of thioether (sulfide) groups is 1. The number of hydrogen-bond donors (Lipinski definition) is 2. The summed E-state index contributed by atoms with van der Waals surface area (Å²) < 4.78 is 5.34. The van der Waals surface area contributed by atoms with E-state index in [1.165, 1.54) is 24.9 Å². The van der Waals surface area contributed by atoms with Gasteiger partial charge in [-0.25, -0.2) is 0 Å². The number of ether oxygens (including phenoxy) is 1. The Labute approximate surface area is 118 Å². The fraction of sp³-hybridized carbons (Fsp3) is 0.500. The summed E-state index contributed by atoms with van der Waals surface area (Å²) >= 11 is 2.01. The molecule has 1 unspecified atom stereocenters. The van der Waals surface area contributed by atoms with Crippen molar-refractivity contribution in [1.29, 1.82) is 0 Å². The molecule has 0 spiro atoms. The molecule has 1 aromatic carbocycles. The molecule has 104 valence electrons. The Bertz CT molecular complexity index is 445. The number of carbonyl (C=O) groups excluding carboxylic acids is 1. The summed E-state index contributed by atoms with van der Waals surface area (Å²) in [5.74, 6) is 3.94.